The Morgan fingerprint density at radius 1 is 0.929 bits per heavy atom. The Bertz CT molecular complexity index is 198. The molecule has 3 aliphatic rings. The van der Waals surface area contributed by atoms with E-state index < -0.39 is 0 Å². The van der Waals surface area contributed by atoms with Crippen LogP contribution in [0.3, 0.4) is 0 Å². The van der Waals surface area contributed by atoms with Gasteiger partial charge in [0.25, 0.3) is 0 Å². The highest BCUT2D eigenvalue weighted by molar-refractivity contribution is 4.97. The van der Waals surface area contributed by atoms with Gasteiger partial charge in [-0.15, -0.1) is 0 Å². The third kappa shape index (κ3) is 1.49. The van der Waals surface area contributed by atoms with Crippen molar-refractivity contribution >= 4 is 0 Å². The first-order valence-electron chi connectivity index (χ1n) is 6.40. The number of hydrogen-bond donors (Lipinski definition) is 1. The van der Waals surface area contributed by atoms with Crippen LogP contribution in [0.25, 0.3) is 0 Å². The molecule has 1 saturated carbocycles. The zero-order valence-corrected chi connectivity index (χ0v) is 9.04. The zero-order valence-electron chi connectivity index (χ0n) is 9.04. The number of piperidine rings is 1. The molecular weight excluding hydrogens is 172 g/mol. The van der Waals surface area contributed by atoms with E-state index >= 15 is 0 Å². The number of nitrogens with one attached hydrogen (secondary N) is 1. The molecule has 0 bridgehead atoms. The summed E-state index contributed by atoms with van der Waals surface area (Å²) in [5.74, 6) is 2.01. The first kappa shape index (κ1) is 9.17. The van der Waals surface area contributed by atoms with Crippen LogP contribution in [0.4, 0.5) is 0 Å². The van der Waals surface area contributed by atoms with Crippen LogP contribution in [0.2, 0.25) is 0 Å². The van der Waals surface area contributed by atoms with Gasteiger partial charge in [-0.1, -0.05) is 6.42 Å². The van der Waals surface area contributed by atoms with E-state index in [-0.39, 0.29) is 0 Å². The largest absolute Gasteiger partial charge is 0.316 e. The van der Waals surface area contributed by atoms with Crippen LogP contribution in [-0.4, -0.2) is 37.1 Å². The smallest absolute Gasteiger partial charge is 0.0139 e. The second kappa shape index (κ2) is 3.82. The van der Waals surface area contributed by atoms with Crippen LogP contribution in [0.1, 0.15) is 32.1 Å². The predicted molar refractivity (Wildman–Crippen MR) is 58.3 cm³/mol. The maximum Gasteiger partial charge on any atom is 0.0139 e. The van der Waals surface area contributed by atoms with Crippen LogP contribution >= 0.6 is 0 Å². The minimum Gasteiger partial charge on any atom is -0.316 e. The fraction of sp³-hybridized carbons (Fsp3) is 1.00. The highest BCUT2D eigenvalue weighted by Crippen LogP contribution is 2.38. The molecule has 0 amide bonds. The molecule has 14 heavy (non-hydrogen) atoms. The lowest BCUT2D eigenvalue weighted by Gasteiger charge is -2.35. The van der Waals surface area contributed by atoms with Crippen molar-refractivity contribution in [3.05, 3.63) is 0 Å². The average Bonchev–Trinajstić information content (AvgIpc) is 2.79. The summed E-state index contributed by atoms with van der Waals surface area (Å²) in [5.41, 5.74) is 0. The molecule has 2 saturated heterocycles. The van der Waals surface area contributed by atoms with Crippen molar-refractivity contribution in [3.63, 3.8) is 0 Å². The molecule has 0 aromatic carbocycles. The van der Waals surface area contributed by atoms with Crippen LogP contribution in [0.5, 0.6) is 0 Å². The standard InChI is InChI=1S/C12H22N2/c1-2-6-14(7-3-1)12-5-4-10-8-13-9-11(10)12/h10-13H,1-9H2/t10-,11-,12-/m1/s1. The highest BCUT2D eigenvalue weighted by atomic mass is 15.2. The van der Waals surface area contributed by atoms with Gasteiger partial charge in [0, 0.05) is 6.04 Å². The molecule has 80 valence electrons. The molecule has 0 unspecified atom stereocenters. The zero-order chi connectivity index (χ0) is 9.38. The van der Waals surface area contributed by atoms with Gasteiger partial charge in [0.05, 0.1) is 0 Å². The van der Waals surface area contributed by atoms with Crippen LogP contribution in [-0.2, 0) is 0 Å². The predicted octanol–water partition coefficient (Wildman–Crippen LogP) is 1.47. The monoisotopic (exact) mass is 194 g/mol. The minimum absolute atomic E-state index is 0.940. The molecule has 2 aliphatic heterocycles. The van der Waals surface area contributed by atoms with Gasteiger partial charge in [0.1, 0.15) is 0 Å². The first-order valence-corrected chi connectivity index (χ1v) is 6.40. The van der Waals surface area contributed by atoms with Crippen LogP contribution < -0.4 is 5.32 Å². The Balaban J connectivity index is 1.66. The van der Waals surface area contributed by atoms with Crippen molar-refractivity contribution in [3.8, 4) is 0 Å². The molecule has 2 heterocycles. The molecule has 3 fully saturated rings. The maximum absolute atomic E-state index is 3.57. The summed E-state index contributed by atoms with van der Waals surface area (Å²) in [6.45, 7) is 5.36. The number of fused-ring (bicyclic) bond motifs is 1. The lowest BCUT2D eigenvalue weighted by atomic mass is 9.95. The molecule has 1 N–H and O–H groups in total. The van der Waals surface area contributed by atoms with Gasteiger partial charge in [-0.05, 0) is 63.7 Å². The summed E-state index contributed by atoms with van der Waals surface area (Å²) < 4.78 is 0. The topological polar surface area (TPSA) is 15.3 Å². The quantitative estimate of drug-likeness (QED) is 0.680. The van der Waals surface area contributed by atoms with Crippen molar-refractivity contribution in [2.24, 2.45) is 11.8 Å². The summed E-state index contributed by atoms with van der Waals surface area (Å²) >= 11 is 0. The fourth-order valence-corrected chi connectivity index (χ4v) is 3.82. The molecule has 2 nitrogen and oxygen atoms in total. The van der Waals surface area contributed by atoms with Crippen molar-refractivity contribution < 1.29 is 0 Å². The number of hydrogen-bond acceptors (Lipinski definition) is 2. The summed E-state index contributed by atoms with van der Waals surface area (Å²) in [4.78, 5) is 2.79. The minimum atomic E-state index is 0.940. The van der Waals surface area contributed by atoms with E-state index in [1.165, 1.54) is 58.3 Å². The second-order valence-electron chi connectivity index (χ2n) is 5.32. The Labute approximate surface area is 87.0 Å². The molecule has 2 heteroatoms. The Kier molecular flexibility index (Phi) is 2.50. The highest BCUT2D eigenvalue weighted by Gasteiger charge is 2.41. The number of rotatable bonds is 1. The molecule has 1 aliphatic carbocycles. The van der Waals surface area contributed by atoms with E-state index in [1.807, 2.05) is 0 Å². The average molecular weight is 194 g/mol. The Morgan fingerprint density at radius 3 is 2.64 bits per heavy atom. The molecular formula is C12H22N2. The summed E-state index contributed by atoms with van der Waals surface area (Å²) in [5, 5.41) is 3.57. The van der Waals surface area contributed by atoms with Gasteiger partial charge in [0.15, 0.2) is 0 Å². The summed E-state index contributed by atoms with van der Waals surface area (Å²) in [6, 6.07) is 0.940. The number of likely N-dealkylation sites (tertiary alicyclic amines) is 1. The second-order valence-corrected chi connectivity index (χ2v) is 5.32. The lowest BCUT2D eigenvalue weighted by molar-refractivity contribution is 0.132. The van der Waals surface area contributed by atoms with Gasteiger partial charge in [0.2, 0.25) is 0 Å². The fourth-order valence-electron chi connectivity index (χ4n) is 3.82. The summed E-state index contributed by atoms with van der Waals surface area (Å²) in [7, 11) is 0. The van der Waals surface area contributed by atoms with Crippen LogP contribution in [0, 0.1) is 11.8 Å². The molecule has 3 rings (SSSR count). The van der Waals surface area contributed by atoms with Gasteiger partial charge >= 0.3 is 0 Å². The third-order valence-electron chi connectivity index (χ3n) is 4.58. The molecule has 0 aromatic heterocycles. The van der Waals surface area contributed by atoms with Crippen molar-refractivity contribution in [1.82, 2.24) is 10.2 Å². The summed E-state index contributed by atoms with van der Waals surface area (Å²) in [6.07, 6.45) is 7.33. The van der Waals surface area contributed by atoms with Gasteiger partial charge < -0.3 is 10.2 Å². The normalized spacial score (nSPS) is 44.1. The molecule has 0 radical (unpaired) electrons. The van der Waals surface area contributed by atoms with Gasteiger partial charge in [-0.2, -0.15) is 0 Å². The lowest BCUT2D eigenvalue weighted by Crippen LogP contribution is -2.42. The van der Waals surface area contributed by atoms with Crippen LogP contribution in [0.15, 0.2) is 0 Å². The number of nitrogens with zero attached hydrogens (tertiary/aromatic N) is 1. The maximum atomic E-state index is 3.57. The van der Waals surface area contributed by atoms with Crippen molar-refractivity contribution in [1.29, 1.82) is 0 Å². The van der Waals surface area contributed by atoms with Crippen molar-refractivity contribution in [2.45, 2.75) is 38.1 Å². The van der Waals surface area contributed by atoms with Crippen molar-refractivity contribution in [2.75, 3.05) is 26.2 Å². The van der Waals surface area contributed by atoms with E-state index in [1.54, 1.807) is 0 Å². The van der Waals surface area contributed by atoms with E-state index in [0.717, 1.165) is 17.9 Å². The Hall–Kier alpha value is -0.0800. The third-order valence-corrected chi connectivity index (χ3v) is 4.58. The molecule has 0 aromatic rings. The Morgan fingerprint density at radius 2 is 1.79 bits per heavy atom. The SMILES string of the molecule is C1CCN([C@@H]2CC[C@@H]3CNC[C@H]32)CC1. The van der Waals surface area contributed by atoms with E-state index in [4.69, 9.17) is 0 Å². The van der Waals surface area contributed by atoms with Gasteiger partial charge in [-0.3, -0.25) is 0 Å². The van der Waals surface area contributed by atoms with E-state index in [2.05, 4.69) is 10.2 Å². The van der Waals surface area contributed by atoms with E-state index in [9.17, 15) is 0 Å². The molecule has 0 spiro atoms. The first-order chi connectivity index (χ1) is 6.95. The molecule has 3 atom stereocenters. The van der Waals surface area contributed by atoms with Gasteiger partial charge in [-0.25, -0.2) is 0 Å². The van der Waals surface area contributed by atoms with E-state index in [0.29, 0.717) is 0 Å².